The molecule has 0 atom stereocenters. The van der Waals surface area contributed by atoms with E-state index in [-0.39, 0.29) is 5.60 Å². The Morgan fingerprint density at radius 3 is 2.33 bits per heavy atom. The highest BCUT2D eigenvalue weighted by Crippen LogP contribution is 2.31. The van der Waals surface area contributed by atoms with E-state index in [1.165, 1.54) is 0 Å². The van der Waals surface area contributed by atoms with E-state index in [0.29, 0.717) is 11.8 Å². The molecule has 0 amide bonds. The molecule has 1 aromatic heterocycles. The molecule has 0 fully saturated rings. The van der Waals surface area contributed by atoms with Crippen LogP contribution in [-0.2, 0) is 16.2 Å². The highest BCUT2D eigenvalue weighted by atomic mass is 35.5. The summed E-state index contributed by atoms with van der Waals surface area (Å²) in [5.41, 5.74) is 1.65. The van der Waals surface area contributed by atoms with Crippen LogP contribution >= 0.6 is 11.6 Å². The van der Waals surface area contributed by atoms with Crippen molar-refractivity contribution in [2.45, 2.75) is 57.9 Å². The van der Waals surface area contributed by atoms with E-state index in [9.17, 15) is 0 Å². The first-order valence-corrected chi connectivity index (χ1v) is 7.05. The molecule has 0 aromatic carbocycles. The van der Waals surface area contributed by atoms with Gasteiger partial charge >= 0.3 is 0 Å². The second-order valence-corrected chi connectivity index (χ2v) is 5.07. The SMILES string of the molecule is CCC(CC)(OC)c1ncc(CCl)c(C(C)C)n1. The normalized spacial score (nSPS) is 12.2. The van der Waals surface area contributed by atoms with Gasteiger partial charge in [-0.2, -0.15) is 0 Å². The van der Waals surface area contributed by atoms with E-state index in [2.05, 4.69) is 32.7 Å². The number of methoxy groups -OCH3 is 1. The van der Waals surface area contributed by atoms with Gasteiger partial charge in [0.2, 0.25) is 0 Å². The minimum absolute atomic E-state index is 0.337. The number of rotatable bonds is 6. The van der Waals surface area contributed by atoms with Crippen molar-refractivity contribution in [3.05, 3.63) is 23.3 Å². The van der Waals surface area contributed by atoms with Gasteiger partial charge in [0.05, 0.1) is 11.6 Å². The maximum absolute atomic E-state index is 5.93. The van der Waals surface area contributed by atoms with E-state index in [1.807, 2.05) is 6.20 Å². The summed E-state index contributed by atoms with van der Waals surface area (Å²) in [6.07, 6.45) is 3.55. The van der Waals surface area contributed by atoms with Gasteiger partial charge in [-0.3, -0.25) is 0 Å². The van der Waals surface area contributed by atoms with Crippen LogP contribution in [-0.4, -0.2) is 17.1 Å². The second kappa shape index (κ2) is 6.48. The first kappa shape index (κ1) is 15.4. The summed E-state index contributed by atoms with van der Waals surface area (Å²) in [5, 5.41) is 0. The fourth-order valence-corrected chi connectivity index (χ4v) is 2.39. The fraction of sp³-hybridized carbons (Fsp3) is 0.714. The zero-order valence-corrected chi connectivity index (χ0v) is 12.7. The third kappa shape index (κ3) is 2.83. The molecular formula is C14H23ClN2O. The number of halogens is 1. The summed E-state index contributed by atoms with van der Waals surface area (Å²) in [6, 6.07) is 0. The number of nitrogens with zero attached hydrogens (tertiary/aromatic N) is 2. The maximum Gasteiger partial charge on any atom is 0.160 e. The van der Waals surface area contributed by atoms with Gasteiger partial charge in [-0.05, 0) is 18.8 Å². The van der Waals surface area contributed by atoms with Gasteiger partial charge in [-0.1, -0.05) is 27.7 Å². The molecule has 0 saturated heterocycles. The van der Waals surface area contributed by atoms with Crippen LogP contribution in [0.3, 0.4) is 0 Å². The Labute approximate surface area is 115 Å². The Kier molecular flexibility index (Phi) is 5.54. The predicted molar refractivity (Wildman–Crippen MR) is 74.9 cm³/mol. The zero-order chi connectivity index (χ0) is 13.8. The van der Waals surface area contributed by atoms with Gasteiger partial charge in [0, 0.05) is 18.9 Å². The van der Waals surface area contributed by atoms with Crippen LogP contribution in [0.1, 0.15) is 63.5 Å². The molecule has 0 aliphatic heterocycles. The van der Waals surface area contributed by atoms with Crippen LogP contribution in [0.5, 0.6) is 0 Å². The number of alkyl halides is 1. The van der Waals surface area contributed by atoms with E-state index >= 15 is 0 Å². The highest BCUT2D eigenvalue weighted by molar-refractivity contribution is 6.17. The molecule has 0 unspecified atom stereocenters. The highest BCUT2D eigenvalue weighted by Gasteiger charge is 2.32. The Bertz CT molecular complexity index is 381. The quantitative estimate of drug-likeness (QED) is 0.733. The number of hydrogen-bond donors (Lipinski definition) is 0. The first-order chi connectivity index (χ1) is 8.54. The Morgan fingerprint density at radius 1 is 1.33 bits per heavy atom. The van der Waals surface area contributed by atoms with Crippen molar-refractivity contribution in [2.24, 2.45) is 0 Å². The molecule has 0 radical (unpaired) electrons. The summed E-state index contributed by atoms with van der Waals surface area (Å²) in [7, 11) is 1.72. The third-order valence-corrected chi connectivity index (χ3v) is 3.82. The molecule has 0 bridgehead atoms. The number of ether oxygens (including phenoxy) is 1. The average molecular weight is 271 g/mol. The van der Waals surface area contributed by atoms with Gasteiger partial charge in [0.1, 0.15) is 5.60 Å². The van der Waals surface area contributed by atoms with Gasteiger partial charge < -0.3 is 4.74 Å². The smallest absolute Gasteiger partial charge is 0.160 e. The van der Waals surface area contributed by atoms with Crippen molar-refractivity contribution in [2.75, 3.05) is 7.11 Å². The zero-order valence-electron chi connectivity index (χ0n) is 12.0. The van der Waals surface area contributed by atoms with Crippen molar-refractivity contribution in [1.29, 1.82) is 0 Å². The lowest BCUT2D eigenvalue weighted by Crippen LogP contribution is -2.30. The van der Waals surface area contributed by atoms with Gasteiger partial charge in [0.15, 0.2) is 5.82 Å². The molecule has 0 saturated carbocycles. The molecule has 0 aliphatic carbocycles. The Balaban J connectivity index is 3.30. The Morgan fingerprint density at radius 2 is 1.94 bits per heavy atom. The predicted octanol–water partition coefficient (Wildman–Crippen LogP) is 4.00. The molecule has 102 valence electrons. The third-order valence-electron chi connectivity index (χ3n) is 3.53. The molecule has 4 heteroatoms. The van der Waals surface area contributed by atoms with Crippen LogP contribution in [0.2, 0.25) is 0 Å². The molecule has 0 spiro atoms. The van der Waals surface area contributed by atoms with Crippen LogP contribution in [0.4, 0.5) is 0 Å². The lowest BCUT2D eigenvalue weighted by Gasteiger charge is -2.29. The van der Waals surface area contributed by atoms with Crippen LogP contribution in [0.15, 0.2) is 6.20 Å². The molecule has 0 N–H and O–H groups in total. The van der Waals surface area contributed by atoms with Gasteiger partial charge in [-0.25, -0.2) is 9.97 Å². The van der Waals surface area contributed by atoms with Gasteiger partial charge in [0.25, 0.3) is 0 Å². The van der Waals surface area contributed by atoms with Crippen molar-refractivity contribution in [3.8, 4) is 0 Å². The fourth-order valence-electron chi connectivity index (χ4n) is 2.19. The minimum atomic E-state index is -0.380. The molecule has 0 aliphatic rings. The summed E-state index contributed by atoms with van der Waals surface area (Å²) in [4.78, 5) is 9.16. The van der Waals surface area contributed by atoms with E-state index in [4.69, 9.17) is 21.3 Å². The average Bonchev–Trinajstić information content (AvgIpc) is 2.41. The van der Waals surface area contributed by atoms with E-state index in [1.54, 1.807) is 7.11 Å². The van der Waals surface area contributed by atoms with Crippen LogP contribution in [0.25, 0.3) is 0 Å². The minimum Gasteiger partial charge on any atom is -0.370 e. The molecule has 1 rings (SSSR count). The molecule has 3 nitrogen and oxygen atoms in total. The van der Waals surface area contributed by atoms with E-state index in [0.717, 1.165) is 29.9 Å². The molecular weight excluding hydrogens is 248 g/mol. The van der Waals surface area contributed by atoms with Crippen LogP contribution in [0, 0.1) is 0 Å². The summed E-state index contributed by atoms with van der Waals surface area (Å²) >= 11 is 5.93. The summed E-state index contributed by atoms with van der Waals surface area (Å²) in [5.74, 6) is 1.56. The van der Waals surface area contributed by atoms with E-state index < -0.39 is 0 Å². The largest absolute Gasteiger partial charge is 0.370 e. The topological polar surface area (TPSA) is 35.0 Å². The summed E-state index contributed by atoms with van der Waals surface area (Å²) in [6.45, 7) is 8.44. The summed E-state index contributed by atoms with van der Waals surface area (Å²) < 4.78 is 5.67. The van der Waals surface area contributed by atoms with Gasteiger partial charge in [-0.15, -0.1) is 11.6 Å². The lowest BCUT2D eigenvalue weighted by atomic mass is 9.95. The first-order valence-electron chi connectivity index (χ1n) is 6.52. The monoisotopic (exact) mass is 270 g/mol. The van der Waals surface area contributed by atoms with Crippen molar-refractivity contribution in [3.63, 3.8) is 0 Å². The second-order valence-electron chi connectivity index (χ2n) is 4.80. The van der Waals surface area contributed by atoms with Crippen LogP contribution < -0.4 is 0 Å². The van der Waals surface area contributed by atoms with Crippen molar-refractivity contribution < 1.29 is 4.74 Å². The van der Waals surface area contributed by atoms with Crippen molar-refractivity contribution >= 4 is 11.6 Å². The number of hydrogen-bond acceptors (Lipinski definition) is 3. The standard InChI is InChI=1S/C14H23ClN2O/c1-6-14(7-2,18-5)13-16-9-11(8-15)12(17-13)10(3)4/h9-10H,6-8H2,1-5H3. The number of aromatic nitrogens is 2. The maximum atomic E-state index is 5.93. The van der Waals surface area contributed by atoms with Crippen molar-refractivity contribution in [1.82, 2.24) is 9.97 Å². The molecule has 18 heavy (non-hydrogen) atoms. The molecule has 1 aromatic rings. The Hall–Kier alpha value is -0.670. The molecule has 1 heterocycles. The lowest BCUT2D eigenvalue weighted by molar-refractivity contribution is -0.0293.